The van der Waals surface area contributed by atoms with Gasteiger partial charge in [-0.25, -0.2) is 13.4 Å². The van der Waals surface area contributed by atoms with Gasteiger partial charge in [0.2, 0.25) is 10.0 Å². The van der Waals surface area contributed by atoms with Crippen LogP contribution in [0.4, 0.5) is 5.82 Å². The first-order valence-electron chi connectivity index (χ1n) is 6.52. The second-order valence-corrected chi connectivity index (χ2v) is 7.40. The number of nitrogens with zero attached hydrogens (tertiary/aromatic N) is 2. The maximum absolute atomic E-state index is 12.8. The predicted octanol–water partition coefficient (Wildman–Crippen LogP) is 1.42. The van der Waals surface area contributed by atoms with E-state index in [9.17, 15) is 13.5 Å². The van der Waals surface area contributed by atoms with E-state index in [4.69, 9.17) is 0 Å². The van der Waals surface area contributed by atoms with Gasteiger partial charge in [0, 0.05) is 29.8 Å². The molecular formula is C12H18BrN3O3S. The molecular weight excluding hydrogens is 346 g/mol. The minimum absolute atomic E-state index is 0.147. The number of aromatic nitrogens is 1. The van der Waals surface area contributed by atoms with E-state index in [2.05, 4.69) is 26.2 Å². The summed E-state index contributed by atoms with van der Waals surface area (Å²) in [5.74, 6) is 0.347. The van der Waals surface area contributed by atoms with Crippen LogP contribution in [0.15, 0.2) is 21.6 Å². The number of sulfonamides is 1. The maximum Gasteiger partial charge on any atom is 0.247 e. The minimum Gasteiger partial charge on any atom is -0.395 e. The Morgan fingerprint density at radius 1 is 1.60 bits per heavy atom. The topological polar surface area (TPSA) is 82.5 Å². The molecule has 8 heteroatoms. The van der Waals surface area contributed by atoms with Crippen molar-refractivity contribution in [3.05, 3.63) is 16.7 Å². The third-order valence-electron chi connectivity index (χ3n) is 3.28. The third-order valence-corrected chi connectivity index (χ3v) is 5.68. The van der Waals surface area contributed by atoms with Gasteiger partial charge in [0.25, 0.3) is 0 Å². The molecule has 1 fully saturated rings. The summed E-state index contributed by atoms with van der Waals surface area (Å²) in [6.07, 6.45) is 3.01. The first-order valence-corrected chi connectivity index (χ1v) is 8.76. The molecule has 0 bridgehead atoms. The van der Waals surface area contributed by atoms with Crippen molar-refractivity contribution in [3.63, 3.8) is 0 Å². The predicted molar refractivity (Wildman–Crippen MR) is 80.1 cm³/mol. The van der Waals surface area contributed by atoms with E-state index in [0.717, 1.165) is 6.42 Å². The fraction of sp³-hybridized carbons (Fsp3) is 0.583. The van der Waals surface area contributed by atoms with Gasteiger partial charge in [0.1, 0.15) is 10.7 Å². The summed E-state index contributed by atoms with van der Waals surface area (Å²) in [6.45, 7) is 2.75. The first-order chi connectivity index (χ1) is 9.50. The van der Waals surface area contributed by atoms with Crippen LogP contribution in [0, 0.1) is 0 Å². The molecule has 112 valence electrons. The van der Waals surface area contributed by atoms with Gasteiger partial charge >= 0.3 is 0 Å². The molecule has 0 aliphatic carbocycles. The smallest absolute Gasteiger partial charge is 0.247 e. The van der Waals surface area contributed by atoms with Crippen LogP contribution in [0.2, 0.25) is 0 Å². The first kappa shape index (κ1) is 15.7. The Kier molecular flexibility index (Phi) is 5.00. The molecule has 0 radical (unpaired) electrons. The molecule has 1 aromatic heterocycles. The number of anilines is 1. The fourth-order valence-electron chi connectivity index (χ4n) is 2.35. The lowest BCUT2D eigenvalue weighted by atomic mass is 10.2. The van der Waals surface area contributed by atoms with Crippen LogP contribution in [0.5, 0.6) is 0 Å². The van der Waals surface area contributed by atoms with Gasteiger partial charge in [-0.05, 0) is 41.8 Å². The van der Waals surface area contributed by atoms with E-state index < -0.39 is 10.0 Å². The summed E-state index contributed by atoms with van der Waals surface area (Å²) >= 11 is 3.26. The molecule has 1 saturated heterocycles. The molecule has 0 saturated carbocycles. The SMILES string of the molecule is CCNc1ncc(Br)cc1S(=O)(=O)N1CCCC1CO. The summed E-state index contributed by atoms with van der Waals surface area (Å²) < 4.78 is 27.5. The number of aliphatic hydroxyl groups is 1. The van der Waals surface area contributed by atoms with E-state index in [0.29, 0.717) is 29.8 Å². The molecule has 2 N–H and O–H groups in total. The second-order valence-electron chi connectivity index (χ2n) is 4.62. The van der Waals surface area contributed by atoms with Crippen molar-refractivity contribution < 1.29 is 13.5 Å². The van der Waals surface area contributed by atoms with Crippen LogP contribution in [0.25, 0.3) is 0 Å². The van der Waals surface area contributed by atoms with Gasteiger partial charge in [-0.3, -0.25) is 0 Å². The number of nitrogens with one attached hydrogen (secondary N) is 1. The largest absolute Gasteiger partial charge is 0.395 e. The summed E-state index contributed by atoms with van der Waals surface area (Å²) in [5, 5.41) is 12.3. The van der Waals surface area contributed by atoms with Gasteiger partial charge in [0.05, 0.1) is 6.61 Å². The zero-order valence-corrected chi connectivity index (χ0v) is 13.6. The number of pyridine rings is 1. The summed E-state index contributed by atoms with van der Waals surface area (Å²) in [6, 6.07) is 1.21. The molecule has 0 aromatic carbocycles. The fourth-order valence-corrected chi connectivity index (χ4v) is 4.67. The van der Waals surface area contributed by atoms with E-state index in [1.165, 1.54) is 4.31 Å². The van der Waals surface area contributed by atoms with Crippen molar-refractivity contribution in [1.29, 1.82) is 0 Å². The van der Waals surface area contributed by atoms with Crippen molar-refractivity contribution in [2.75, 3.05) is 25.0 Å². The standard InChI is InChI=1S/C12H18BrN3O3S/c1-2-14-12-11(6-9(13)7-15-12)20(18,19)16-5-3-4-10(16)8-17/h6-7,10,17H,2-5,8H2,1H3,(H,14,15). The Labute approximate surface area is 127 Å². The maximum atomic E-state index is 12.8. The molecule has 0 spiro atoms. The van der Waals surface area contributed by atoms with Crippen LogP contribution in [0.1, 0.15) is 19.8 Å². The van der Waals surface area contributed by atoms with Crippen molar-refractivity contribution in [2.24, 2.45) is 0 Å². The van der Waals surface area contributed by atoms with Crippen LogP contribution < -0.4 is 5.32 Å². The van der Waals surface area contributed by atoms with Crippen molar-refractivity contribution in [1.82, 2.24) is 9.29 Å². The molecule has 0 amide bonds. The number of rotatable bonds is 5. The Morgan fingerprint density at radius 2 is 2.35 bits per heavy atom. The molecule has 2 heterocycles. The highest BCUT2D eigenvalue weighted by Crippen LogP contribution is 2.30. The number of aliphatic hydroxyl groups excluding tert-OH is 1. The van der Waals surface area contributed by atoms with Crippen molar-refractivity contribution in [2.45, 2.75) is 30.7 Å². The van der Waals surface area contributed by atoms with Crippen LogP contribution in [-0.2, 0) is 10.0 Å². The average Bonchev–Trinajstić information content (AvgIpc) is 2.90. The van der Waals surface area contributed by atoms with Crippen LogP contribution >= 0.6 is 15.9 Å². The number of halogens is 1. The summed E-state index contributed by atoms with van der Waals surface area (Å²) in [4.78, 5) is 4.28. The summed E-state index contributed by atoms with van der Waals surface area (Å²) in [5.41, 5.74) is 0. The van der Waals surface area contributed by atoms with Gasteiger partial charge in [-0.2, -0.15) is 4.31 Å². The van der Waals surface area contributed by atoms with Gasteiger partial charge in [-0.15, -0.1) is 0 Å². The highest BCUT2D eigenvalue weighted by Gasteiger charge is 2.36. The minimum atomic E-state index is -3.66. The van der Waals surface area contributed by atoms with E-state index in [-0.39, 0.29) is 17.5 Å². The Bertz CT molecular complexity index is 579. The Morgan fingerprint density at radius 3 is 3.00 bits per heavy atom. The lowest BCUT2D eigenvalue weighted by Crippen LogP contribution is -2.38. The third kappa shape index (κ3) is 2.98. The Balaban J connectivity index is 2.45. The van der Waals surface area contributed by atoms with Crippen LogP contribution in [0.3, 0.4) is 0 Å². The zero-order chi connectivity index (χ0) is 14.8. The highest BCUT2D eigenvalue weighted by atomic mass is 79.9. The lowest BCUT2D eigenvalue weighted by molar-refractivity contribution is 0.213. The summed E-state index contributed by atoms with van der Waals surface area (Å²) in [7, 11) is -3.66. The molecule has 1 aliphatic heterocycles. The van der Waals surface area contributed by atoms with Gasteiger partial charge < -0.3 is 10.4 Å². The second kappa shape index (κ2) is 6.38. The van der Waals surface area contributed by atoms with E-state index in [1.54, 1.807) is 12.3 Å². The van der Waals surface area contributed by atoms with Gasteiger partial charge in [0.15, 0.2) is 0 Å². The van der Waals surface area contributed by atoms with Crippen molar-refractivity contribution in [3.8, 4) is 0 Å². The molecule has 1 aromatic rings. The number of hydrogen-bond acceptors (Lipinski definition) is 5. The van der Waals surface area contributed by atoms with E-state index >= 15 is 0 Å². The molecule has 1 aliphatic rings. The molecule has 2 rings (SSSR count). The van der Waals surface area contributed by atoms with Crippen LogP contribution in [-0.4, -0.2) is 48.6 Å². The molecule has 1 unspecified atom stereocenters. The Hall–Kier alpha value is -0.700. The normalized spacial score (nSPS) is 20.2. The monoisotopic (exact) mass is 363 g/mol. The molecule has 6 nitrogen and oxygen atoms in total. The lowest BCUT2D eigenvalue weighted by Gasteiger charge is -2.23. The number of hydrogen-bond donors (Lipinski definition) is 2. The average molecular weight is 364 g/mol. The quantitative estimate of drug-likeness (QED) is 0.826. The van der Waals surface area contributed by atoms with Gasteiger partial charge in [-0.1, -0.05) is 0 Å². The van der Waals surface area contributed by atoms with Crippen molar-refractivity contribution >= 4 is 31.8 Å². The van der Waals surface area contributed by atoms with E-state index in [1.807, 2.05) is 6.92 Å². The molecule has 20 heavy (non-hydrogen) atoms. The molecule has 1 atom stereocenters. The highest BCUT2D eigenvalue weighted by molar-refractivity contribution is 9.10. The zero-order valence-electron chi connectivity index (χ0n) is 11.2.